The summed E-state index contributed by atoms with van der Waals surface area (Å²) in [4.78, 5) is 26.0. The fourth-order valence-corrected chi connectivity index (χ4v) is 3.71. The van der Waals surface area contributed by atoms with Crippen LogP contribution in [-0.4, -0.2) is 11.8 Å². The Hall–Kier alpha value is -2.58. The van der Waals surface area contributed by atoms with E-state index in [2.05, 4.69) is 10.6 Å². The van der Waals surface area contributed by atoms with E-state index in [0.29, 0.717) is 9.75 Å². The number of anilines is 1. The van der Waals surface area contributed by atoms with Crippen molar-refractivity contribution in [3.8, 4) is 0 Å². The van der Waals surface area contributed by atoms with Crippen LogP contribution < -0.4 is 10.6 Å². The standard InChI is InChI=1S/C17H12F2N2O2S2/c18-11-3-1-4-12(19)15(11)21-17(23)20-9-10-6-7-14(25-10)16(22)13-5-2-8-24-13/h1-8H,9H2,(H2,20,21,23). The van der Waals surface area contributed by atoms with E-state index in [1.807, 2.05) is 5.38 Å². The number of carbonyl (C=O) groups excluding carboxylic acids is 2. The van der Waals surface area contributed by atoms with Crippen LogP contribution in [0.4, 0.5) is 19.3 Å². The summed E-state index contributed by atoms with van der Waals surface area (Å²) in [6.45, 7) is 0.143. The first-order valence-corrected chi connectivity index (χ1v) is 8.90. The zero-order chi connectivity index (χ0) is 17.8. The molecule has 0 saturated heterocycles. The maximum atomic E-state index is 13.5. The largest absolute Gasteiger partial charge is 0.333 e. The third-order valence-corrected chi connectivity index (χ3v) is 5.21. The molecule has 0 fully saturated rings. The number of para-hydroxylation sites is 1. The van der Waals surface area contributed by atoms with E-state index >= 15 is 0 Å². The number of benzene rings is 1. The van der Waals surface area contributed by atoms with Gasteiger partial charge in [0, 0.05) is 4.88 Å². The fourth-order valence-electron chi connectivity index (χ4n) is 2.07. The van der Waals surface area contributed by atoms with Crippen LogP contribution in [-0.2, 0) is 6.54 Å². The number of ketones is 1. The van der Waals surface area contributed by atoms with Crippen LogP contribution in [0.25, 0.3) is 0 Å². The Labute approximate surface area is 150 Å². The third-order valence-electron chi connectivity index (χ3n) is 3.25. The fraction of sp³-hybridized carbons (Fsp3) is 0.0588. The Morgan fingerprint density at radius 3 is 2.40 bits per heavy atom. The van der Waals surface area contributed by atoms with Gasteiger partial charge in [-0.1, -0.05) is 12.1 Å². The van der Waals surface area contributed by atoms with E-state index in [1.165, 1.54) is 28.7 Å². The van der Waals surface area contributed by atoms with Crippen LogP contribution in [0.2, 0.25) is 0 Å². The van der Waals surface area contributed by atoms with Gasteiger partial charge in [-0.25, -0.2) is 13.6 Å². The van der Waals surface area contributed by atoms with Gasteiger partial charge in [-0.2, -0.15) is 0 Å². The van der Waals surface area contributed by atoms with Gasteiger partial charge >= 0.3 is 6.03 Å². The molecule has 2 aromatic heterocycles. The first-order chi connectivity index (χ1) is 12.0. The van der Waals surface area contributed by atoms with Crippen molar-refractivity contribution in [2.24, 2.45) is 0 Å². The number of urea groups is 1. The molecule has 0 saturated carbocycles. The second-order valence-electron chi connectivity index (χ2n) is 4.98. The highest BCUT2D eigenvalue weighted by molar-refractivity contribution is 7.16. The average Bonchev–Trinajstić information content (AvgIpc) is 3.27. The molecule has 2 amide bonds. The Morgan fingerprint density at radius 2 is 1.72 bits per heavy atom. The molecule has 4 nitrogen and oxygen atoms in total. The topological polar surface area (TPSA) is 58.2 Å². The number of nitrogens with one attached hydrogen (secondary N) is 2. The number of carbonyl (C=O) groups is 2. The molecule has 0 atom stereocenters. The van der Waals surface area contributed by atoms with Gasteiger partial charge in [0.05, 0.1) is 16.3 Å². The van der Waals surface area contributed by atoms with Crippen molar-refractivity contribution in [3.05, 3.63) is 74.1 Å². The van der Waals surface area contributed by atoms with Gasteiger partial charge in [0.2, 0.25) is 5.78 Å². The van der Waals surface area contributed by atoms with Crippen LogP contribution >= 0.6 is 22.7 Å². The molecule has 0 aliphatic heterocycles. The number of hydrogen-bond acceptors (Lipinski definition) is 4. The first kappa shape index (κ1) is 17.2. The molecule has 128 valence electrons. The Morgan fingerprint density at radius 1 is 0.960 bits per heavy atom. The maximum Gasteiger partial charge on any atom is 0.319 e. The van der Waals surface area contributed by atoms with Crippen LogP contribution in [0, 0.1) is 11.6 Å². The van der Waals surface area contributed by atoms with Crippen LogP contribution in [0.1, 0.15) is 19.4 Å². The molecule has 25 heavy (non-hydrogen) atoms. The van der Waals surface area contributed by atoms with Crippen LogP contribution in [0.3, 0.4) is 0 Å². The van der Waals surface area contributed by atoms with Gasteiger partial charge in [0.1, 0.15) is 17.3 Å². The van der Waals surface area contributed by atoms with E-state index in [-0.39, 0.29) is 12.3 Å². The minimum Gasteiger partial charge on any atom is -0.333 e. The third kappa shape index (κ3) is 4.09. The van der Waals surface area contributed by atoms with Crippen molar-refractivity contribution >= 4 is 40.2 Å². The molecule has 0 unspecified atom stereocenters. The van der Waals surface area contributed by atoms with Crippen LogP contribution in [0.5, 0.6) is 0 Å². The molecule has 1 aromatic carbocycles. The molecule has 0 aliphatic rings. The summed E-state index contributed by atoms with van der Waals surface area (Å²) < 4.78 is 27.0. The zero-order valence-corrected chi connectivity index (χ0v) is 14.3. The van der Waals surface area contributed by atoms with E-state index in [1.54, 1.807) is 24.3 Å². The lowest BCUT2D eigenvalue weighted by atomic mass is 10.3. The normalized spacial score (nSPS) is 10.5. The van der Waals surface area contributed by atoms with Gasteiger partial charge in [-0.05, 0) is 35.7 Å². The average molecular weight is 378 g/mol. The lowest BCUT2D eigenvalue weighted by Gasteiger charge is -2.08. The number of thiophene rings is 2. The Bertz CT molecular complexity index is 887. The van der Waals surface area contributed by atoms with Gasteiger partial charge in [0.25, 0.3) is 0 Å². The summed E-state index contributed by atoms with van der Waals surface area (Å²) in [6, 6.07) is 9.57. The number of amides is 2. The molecule has 0 radical (unpaired) electrons. The highest BCUT2D eigenvalue weighted by Gasteiger charge is 2.14. The summed E-state index contributed by atoms with van der Waals surface area (Å²) >= 11 is 2.62. The zero-order valence-electron chi connectivity index (χ0n) is 12.7. The molecule has 2 heterocycles. The number of hydrogen-bond donors (Lipinski definition) is 2. The van der Waals surface area contributed by atoms with Crippen molar-refractivity contribution in [2.75, 3.05) is 5.32 Å². The lowest BCUT2D eigenvalue weighted by molar-refractivity contribution is 0.104. The van der Waals surface area contributed by atoms with E-state index in [4.69, 9.17) is 0 Å². The summed E-state index contributed by atoms with van der Waals surface area (Å²) in [5.74, 6) is -1.77. The molecular formula is C17H12F2N2O2S2. The number of halogens is 2. The Kier molecular flexibility index (Phi) is 5.20. The molecule has 8 heteroatoms. The quantitative estimate of drug-likeness (QED) is 0.636. The molecular weight excluding hydrogens is 366 g/mol. The van der Waals surface area contributed by atoms with Crippen LogP contribution in [0.15, 0.2) is 47.8 Å². The molecule has 3 aromatic rings. The minimum absolute atomic E-state index is 0.0656. The van der Waals surface area contributed by atoms with Crippen molar-refractivity contribution in [3.63, 3.8) is 0 Å². The van der Waals surface area contributed by atoms with E-state index < -0.39 is 23.4 Å². The smallest absolute Gasteiger partial charge is 0.319 e. The van der Waals surface area contributed by atoms with Crippen molar-refractivity contribution in [1.82, 2.24) is 5.32 Å². The SMILES string of the molecule is O=C(NCc1ccc(C(=O)c2cccs2)s1)Nc1c(F)cccc1F. The first-order valence-electron chi connectivity index (χ1n) is 7.20. The molecule has 0 aliphatic carbocycles. The van der Waals surface area contributed by atoms with Gasteiger partial charge in [0.15, 0.2) is 0 Å². The highest BCUT2D eigenvalue weighted by Crippen LogP contribution is 2.22. The van der Waals surface area contributed by atoms with Crippen molar-refractivity contribution < 1.29 is 18.4 Å². The predicted molar refractivity (Wildman–Crippen MR) is 94.3 cm³/mol. The van der Waals surface area contributed by atoms with Gasteiger partial charge in [-0.3, -0.25) is 4.79 Å². The lowest BCUT2D eigenvalue weighted by Crippen LogP contribution is -2.28. The van der Waals surface area contributed by atoms with E-state index in [9.17, 15) is 18.4 Å². The maximum absolute atomic E-state index is 13.5. The minimum atomic E-state index is -0.852. The second kappa shape index (κ2) is 7.54. The highest BCUT2D eigenvalue weighted by atomic mass is 32.1. The Balaban J connectivity index is 1.59. The van der Waals surface area contributed by atoms with E-state index in [0.717, 1.165) is 17.0 Å². The molecule has 0 spiro atoms. The number of rotatable bonds is 5. The van der Waals surface area contributed by atoms with Crippen molar-refractivity contribution in [2.45, 2.75) is 6.54 Å². The second-order valence-corrected chi connectivity index (χ2v) is 7.09. The molecule has 3 rings (SSSR count). The monoisotopic (exact) mass is 378 g/mol. The summed E-state index contributed by atoms with van der Waals surface area (Å²) in [6.07, 6.45) is 0. The summed E-state index contributed by atoms with van der Waals surface area (Å²) in [5, 5.41) is 6.48. The summed E-state index contributed by atoms with van der Waals surface area (Å²) in [5.41, 5.74) is -0.500. The van der Waals surface area contributed by atoms with Crippen molar-refractivity contribution in [1.29, 1.82) is 0 Å². The van der Waals surface area contributed by atoms with Gasteiger partial charge in [-0.15, -0.1) is 22.7 Å². The molecule has 0 bridgehead atoms. The summed E-state index contributed by atoms with van der Waals surface area (Å²) in [7, 11) is 0. The van der Waals surface area contributed by atoms with Gasteiger partial charge < -0.3 is 10.6 Å². The molecule has 2 N–H and O–H groups in total. The predicted octanol–water partition coefficient (Wildman–Crippen LogP) is 4.64.